The molecular formula is C18H18ClFN2O3. The van der Waals surface area contributed by atoms with E-state index < -0.39 is 11.8 Å². The molecule has 7 heteroatoms. The van der Waals surface area contributed by atoms with E-state index in [4.69, 9.17) is 16.3 Å². The van der Waals surface area contributed by atoms with Crippen LogP contribution in [0.2, 0.25) is 5.02 Å². The van der Waals surface area contributed by atoms with E-state index in [2.05, 4.69) is 10.6 Å². The maximum atomic E-state index is 13.5. The van der Waals surface area contributed by atoms with Gasteiger partial charge in [-0.1, -0.05) is 29.8 Å². The maximum Gasteiger partial charge on any atom is 0.233 e. The van der Waals surface area contributed by atoms with Crippen LogP contribution in [-0.2, 0) is 16.0 Å². The van der Waals surface area contributed by atoms with Gasteiger partial charge in [0.25, 0.3) is 0 Å². The molecule has 25 heavy (non-hydrogen) atoms. The molecule has 0 unspecified atom stereocenters. The minimum Gasteiger partial charge on any atom is -0.495 e. The van der Waals surface area contributed by atoms with Crippen LogP contribution in [-0.4, -0.2) is 25.5 Å². The first kappa shape index (κ1) is 18.7. The van der Waals surface area contributed by atoms with Crippen LogP contribution < -0.4 is 15.4 Å². The zero-order valence-electron chi connectivity index (χ0n) is 13.6. The third-order valence-corrected chi connectivity index (χ3v) is 3.73. The molecule has 2 rings (SSSR count). The number of benzene rings is 2. The summed E-state index contributed by atoms with van der Waals surface area (Å²) in [5.74, 6) is -0.727. The molecular weight excluding hydrogens is 347 g/mol. The van der Waals surface area contributed by atoms with Gasteiger partial charge in [0.2, 0.25) is 11.8 Å². The summed E-state index contributed by atoms with van der Waals surface area (Å²) >= 11 is 5.97. The van der Waals surface area contributed by atoms with Crippen LogP contribution in [0.5, 0.6) is 5.75 Å². The molecule has 2 amide bonds. The third-order valence-electron chi connectivity index (χ3n) is 3.43. The number of nitrogens with one attached hydrogen (secondary N) is 2. The lowest BCUT2D eigenvalue weighted by atomic mass is 10.1. The van der Waals surface area contributed by atoms with Crippen molar-refractivity contribution in [2.45, 2.75) is 12.8 Å². The third kappa shape index (κ3) is 5.76. The number of rotatable bonds is 7. The summed E-state index contributed by atoms with van der Waals surface area (Å²) in [6.45, 7) is 0.251. The molecule has 0 aromatic heterocycles. The molecule has 0 saturated carbocycles. The van der Waals surface area contributed by atoms with Gasteiger partial charge in [-0.15, -0.1) is 0 Å². The first-order valence-electron chi connectivity index (χ1n) is 7.63. The highest BCUT2D eigenvalue weighted by molar-refractivity contribution is 6.32. The average molecular weight is 365 g/mol. The molecule has 0 aliphatic heterocycles. The van der Waals surface area contributed by atoms with Crippen LogP contribution in [0.4, 0.5) is 10.1 Å². The second kappa shape index (κ2) is 9.03. The second-order valence-corrected chi connectivity index (χ2v) is 5.67. The fraction of sp³-hybridized carbons (Fsp3) is 0.222. The van der Waals surface area contributed by atoms with Crippen LogP contribution in [0.15, 0.2) is 42.5 Å². The number of carbonyl (C=O) groups is 2. The number of methoxy groups -OCH3 is 1. The summed E-state index contributed by atoms with van der Waals surface area (Å²) < 4.78 is 18.5. The summed E-state index contributed by atoms with van der Waals surface area (Å²) in [5.41, 5.74) is 0.982. The smallest absolute Gasteiger partial charge is 0.233 e. The molecule has 2 aromatic carbocycles. The van der Waals surface area contributed by atoms with Crippen molar-refractivity contribution in [3.8, 4) is 5.75 Å². The molecule has 0 saturated heterocycles. The Hall–Kier alpha value is -2.60. The average Bonchev–Trinajstić information content (AvgIpc) is 2.56. The molecule has 0 bridgehead atoms. The lowest BCUT2D eigenvalue weighted by molar-refractivity contribution is -0.126. The summed E-state index contributed by atoms with van der Waals surface area (Å²) in [5, 5.41) is 5.53. The van der Waals surface area contributed by atoms with Crippen molar-refractivity contribution < 1.29 is 18.7 Å². The van der Waals surface area contributed by atoms with E-state index in [0.29, 0.717) is 28.4 Å². The Balaban J connectivity index is 1.77. The molecule has 0 atom stereocenters. The van der Waals surface area contributed by atoms with Gasteiger partial charge < -0.3 is 15.4 Å². The topological polar surface area (TPSA) is 67.4 Å². The lowest BCUT2D eigenvalue weighted by Gasteiger charge is -2.09. The number of hydrogen-bond acceptors (Lipinski definition) is 3. The number of carbonyl (C=O) groups excluding carboxylic acids is 2. The molecule has 0 heterocycles. The number of hydrogen-bond donors (Lipinski definition) is 2. The number of ether oxygens (including phenoxy) is 1. The van der Waals surface area contributed by atoms with Gasteiger partial charge in [-0.3, -0.25) is 9.59 Å². The van der Waals surface area contributed by atoms with Crippen LogP contribution in [0.25, 0.3) is 0 Å². The zero-order valence-corrected chi connectivity index (χ0v) is 14.4. The first-order valence-corrected chi connectivity index (χ1v) is 8.01. The van der Waals surface area contributed by atoms with Gasteiger partial charge in [0.1, 0.15) is 18.0 Å². The second-order valence-electron chi connectivity index (χ2n) is 5.27. The van der Waals surface area contributed by atoms with E-state index in [1.54, 1.807) is 30.3 Å². The Morgan fingerprint density at radius 2 is 1.92 bits per heavy atom. The molecule has 0 radical (unpaired) electrons. The van der Waals surface area contributed by atoms with Crippen molar-refractivity contribution in [1.82, 2.24) is 5.32 Å². The van der Waals surface area contributed by atoms with Gasteiger partial charge in [-0.25, -0.2) is 4.39 Å². The van der Waals surface area contributed by atoms with Gasteiger partial charge >= 0.3 is 0 Å². The molecule has 0 spiro atoms. The van der Waals surface area contributed by atoms with Crippen LogP contribution in [0, 0.1) is 5.82 Å². The Kier molecular flexibility index (Phi) is 6.77. The van der Waals surface area contributed by atoms with Gasteiger partial charge in [-0.2, -0.15) is 0 Å². The van der Waals surface area contributed by atoms with Crippen molar-refractivity contribution >= 4 is 29.1 Å². The molecule has 0 aliphatic rings. The number of anilines is 1. The molecule has 0 aliphatic carbocycles. The normalized spacial score (nSPS) is 10.2. The maximum absolute atomic E-state index is 13.5. The molecule has 5 nitrogen and oxygen atoms in total. The van der Waals surface area contributed by atoms with E-state index in [1.165, 1.54) is 19.2 Å². The van der Waals surface area contributed by atoms with Crippen molar-refractivity contribution in [1.29, 1.82) is 0 Å². The lowest BCUT2D eigenvalue weighted by Crippen LogP contribution is -2.29. The van der Waals surface area contributed by atoms with Crippen molar-refractivity contribution in [2.24, 2.45) is 0 Å². The highest BCUT2D eigenvalue weighted by atomic mass is 35.5. The minimum atomic E-state index is -0.468. The standard InChI is InChI=1S/C18H18ClFN2O3/c1-25-16-7-6-13(10-14(16)19)22-18(24)11-17(23)21-9-8-12-4-2-3-5-15(12)20/h2-7,10H,8-9,11H2,1H3,(H,21,23)(H,22,24). The van der Waals surface area contributed by atoms with E-state index in [1.807, 2.05) is 0 Å². The predicted octanol–water partition coefficient (Wildman–Crippen LogP) is 3.18. The fourth-order valence-corrected chi connectivity index (χ4v) is 2.45. The van der Waals surface area contributed by atoms with Crippen molar-refractivity contribution in [2.75, 3.05) is 19.0 Å². The summed E-state index contributed by atoms with van der Waals surface area (Å²) in [7, 11) is 1.49. The summed E-state index contributed by atoms with van der Waals surface area (Å²) in [4.78, 5) is 23.6. The van der Waals surface area contributed by atoms with E-state index in [9.17, 15) is 14.0 Å². The summed E-state index contributed by atoms with van der Waals surface area (Å²) in [6.07, 6.45) is 0.0229. The molecule has 2 N–H and O–H groups in total. The Bertz CT molecular complexity index is 768. The number of amides is 2. The van der Waals surface area contributed by atoms with Crippen molar-refractivity contribution in [3.63, 3.8) is 0 Å². The van der Waals surface area contributed by atoms with Gasteiger partial charge in [-0.05, 0) is 36.2 Å². The van der Waals surface area contributed by atoms with E-state index >= 15 is 0 Å². The highest BCUT2D eigenvalue weighted by Gasteiger charge is 2.11. The Labute approximate surface area is 150 Å². The molecule has 132 valence electrons. The van der Waals surface area contributed by atoms with E-state index in [0.717, 1.165) is 0 Å². The minimum absolute atomic E-state index is 0.251. The van der Waals surface area contributed by atoms with Crippen molar-refractivity contribution in [3.05, 3.63) is 58.9 Å². The zero-order chi connectivity index (χ0) is 18.2. The van der Waals surface area contributed by atoms with Crippen LogP contribution >= 0.6 is 11.6 Å². The first-order chi connectivity index (χ1) is 12.0. The number of halogens is 2. The SMILES string of the molecule is COc1ccc(NC(=O)CC(=O)NCCc2ccccc2F)cc1Cl. The fourth-order valence-electron chi connectivity index (χ4n) is 2.20. The predicted molar refractivity (Wildman–Crippen MR) is 94.4 cm³/mol. The van der Waals surface area contributed by atoms with Crippen LogP contribution in [0.1, 0.15) is 12.0 Å². The summed E-state index contributed by atoms with van der Waals surface area (Å²) in [6, 6.07) is 11.1. The Morgan fingerprint density at radius 3 is 2.60 bits per heavy atom. The largest absolute Gasteiger partial charge is 0.495 e. The molecule has 0 fully saturated rings. The monoisotopic (exact) mass is 364 g/mol. The Morgan fingerprint density at radius 1 is 1.16 bits per heavy atom. The van der Waals surface area contributed by atoms with Crippen LogP contribution in [0.3, 0.4) is 0 Å². The van der Waals surface area contributed by atoms with Gasteiger partial charge in [0, 0.05) is 12.2 Å². The quantitative estimate of drug-likeness (QED) is 0.741. The highest BCUT2D eigenvalue weighted by Crippen LogP contribution is 2.27. The van der Waals surface area contributed by atoms with Gasteiger partial charge in [0.05, 0.1) is 12.1 Å². The van der Waals surface area contributed by atoms with E-state index in [-0.39, 0.29) is 18.8 Å². The van der Waals surface area contributed by atoms with Gasteiger partial charge in [0.15, 0.2) is 0 Å². The molecule has 2 aromatic rings.